The van der Waals surface area contributed by atoms with Crippen LogP contribution in [0.4, 0.5) is 0 Å². The van der Waals surface area contributed by atoms with Gasteiger partial charge in [0.25, 0.3) is 5.91 Å². The summed E-state index contributed by atoms with van der Waals surface area (Å²) in [6.07, 6.45) is 0.259. The monoisotopic (exact) mass is 395 g/mol. The highest BCUT2D eigenvalue weighted by molar-refractivity contribution is 5.97. The molecule has 0 aliphatic carbocycles. The zero-order valence-electron chi connectivity index (χ0n) is 16.6. The summed E-state index contributed by atoms with van der Waals surface area (Å²) in [5.74, 6) is -1.54. The number of Topliss-reactive ketones (excluding diaryl/α,β-unsaturated/α-hetero) is 2. The number of ketones is 2. The van der Waals surface area contributed by atoms with Gasteiger partial charge >= 0.3 is 5.97 Å². The molecule has 0 aliphatic rings. The first kappa shape index (κ1) is 22.0. The second kappa shape index (κ2) is 10.9. The lowest BCUT2D eigenvalue weighted by atomic mass is 10.0. The maximum Gasteiger partial charge on any atom is 0.306 e. The Hall–Kier alpha value is -3.28. The lowest BCUT2D eigenvalue weighted by Gasteiger charge is -2.16. The minimum atomic E-state index is -0.688. The lowest BCUT2D eigenvalue weighted by molar-refractivity contribution is -0.148. The van der Waals surface area contributed by atoms with Crippen LogP contribution < -0.4 is 5.32 Å². The minimum absolute atomic E-state index is 0.00753. The third-order valence-electron chi connectivity index (χ3n) is 4.40. The fourth-order valence-corrected chi connectivity index (χ4v) is 2.70. The molecule has 0 saturated carbocycles. The Balaban J connectivity index is 1.75. The van der Waals surface area contributed by atoms with Crippen molar-refractivity contribution < 1.29 is 23.9 Å². The molecular weight excluding hydrogens is 370 g/mol. The van der Waals surface area contributed by atoms with Crippen molar-refractivity contribution in [2.75, 3.05) is 6.61 Å². The number of rotatable bonds is 10. The van der Waals surface area contributed by atoms with Crippen LogP contribution in [0.15, 0.2) is 54.6 Å². The Morgan fingerprint density at radius 3 is 2.21 bits per heavy atom. The normalized spacial score (nSPS) is 11.4. The van der Waals surface area contributed by atoms with Gasteiger partial charge in [0.2, 0.25) is 0 Å². The third-order valence-corrected chi connectivity index (χ3v) is 4.40. The van der Waals surface area contributed by atoms with Crippen molar-refractivity contribution >= 4 is 23.4 Å². The van der Waals surface area contributed by atoms with Gasteiger partial charge in [0.15, 0.2) is 18.2 Å². The molecule has 0 saturated heterocycles. The number of hydrogen-bond acceptors (Lipinski definition) is 5. The van der Waals surface area contributed by atoms with E-state index in [0.29, 0.717) is 12.0 Å². The van der Waals surface area contributed by atoms with Gasteiger partial charge < -0.3 is 10.1 Å². The number of carbonyl (C=O) groups is 4. The van der Waals surface area contributed by atoms with Crippen LogP contribution >= 0.6 is 0 Å². The molecule has 0 aliphatic heterocycles. The van der Waals surface area contributed by atoms with Gasteiger partial charge in [0, 0.05) is 12.0 Å². The predicted molar refractivity (Wildman–Crippen MR) is 108 cm³/mol. The molecule has 0 spiro atoms. The molecule has 0 heterocycles. The van der Waals surface area contributed by atoms with E-state index in [2.05, 4.69) is 5.32 Å². The second-order valence-corrected chi connectivity index (χ2v) is 6.87. The van der Waals surface area contributed by atoms with Crippen molar-refractivity contribution in [1.82, 2.24) is 5.32 Å². The zero-order chi connectivity index (χ0) is 21.2. The number of hydrogen-bond donors (Lipinski definition) is 1. The molecule has 1 atom stereocenters. The summed E-state index contributed by atoms with van der Waals surface area (Å²) in [5.41, 5.74) is 2.49. The second-order valence-electron chi connectivity index (χ2n) is 6.87. The summed E-state index contributed by atoms with van der Waals surface area (Å²) < 4.78 is 4.93. The molecule has 152 valence electrons. The third kappa shape index (κ3) is 7.70. The molecular formula is C23H25NO5. The van der Waals surface area contributed by atoms with Gasteiger partial charge in [0.05, 0.1) is 12.5 Å². The minimum Gasteiger partial charge on any atom is -0.456 e. The summed E-state index contributed by atoms with van der Waals surface area (Å²) in [5, 5.41) is 2.58. The van der Waals surface area contributed by atoms with Crippen LogP contribution in [0.1, 0.15) is 41.3 Å². The van der Waals surface area contributed by atoms with Gasteiger partial charge in [-0.25, -0.2) is 0 Å². The van der Waals surface area contributed by atoms with Crippen molar-refractivity contribution in [2.24, 2.45) is 0 Å². The standard InChI is InChI=1S/C23H25NO5/c1-16-8-10-19(11-9-16)21(26)12-13-23(28)29-15-22(27)24-20(17(2)25)14-18-6-4-3-5-7-18/h3-11,20H,12-15H2,1-2H3,(H,24,27). The van der Waals surface area contributed by atoms with Crippen LogP contribution in [-0.4, -0.2) is 36.1 Å². The van der Waals surface area contributed by atoms with Crippen LogP contribution in [0.2, 0.25) is 0 Å². The fraction of sp³-hybridized carbons (Fsp3) is 0.304. The Kier molecular flexibility index (Phi) is 8.27. The van der Waals surface area contributed by atoms with Gasteiger partial charge in [-0.1, -0.05) is 60.2 Å². The summed E-state index contributed by atoms with van der Waals surface area (Å²) in [6.45, 7) is 2.83. The van der Waals surface area contributed by atoms with Gasteiger partial charge in [-0.3, -0.25) is 19.2 Å². The van der Waals surface area contributed by atoms with Crippen LogP contribution in [0.3, 0.4) is 0 Å². The highest BCUT2D eigenvalue weighted by Crippen LogP contribution is 2.08. The molecule has 2 aromatic carbocycles. The first-order valence-electron chi connectivity index (χ1n) is 9.44. The SMILES string of the molecule is CC(=O)C(Cc1ccccc1)NC(=O)COC(=O)CCC(=O)c1ccc(C)cc1. The topological polar surface area (TPSA) is 89.5 Å². The number of nitrogens with one attached hydrogen (secondary N) is 1. The van der Waals surface area contributed by atoms with E-state index in [-0.39, 0.29) is 24.4 Å². The Morgan fingerprint density at radius 2 is 1.59 bits per heavy atom. The summed E-state index contributed by atoms with van der Waals surface area (Å²) in [6, 6.07) is 15.7. The molecule has 29 heavy (non-hydrogen) atoms. The first-order valence-corrected chi connectivity index (χ1v) is 9.44. The summed E-state index contributed by atoms with van der Waals surface area (Å²) in [4.78, 5) is 47.7. The largest absolute Gasteiger partial charge is 0.456 e. The number of esters is 1. The highest BCUT2D eigenvalue weighted by atomic mass is 16.5. The highest BCUT2D eigenvalue weighted by Gasteiger charge is 2.19. The number of amides is 1. The van der Waals surface area contributed by atoms with Crippen LogP contribution in [-0.2, 0) is 25.5 Å². The molecule has 6 nitrogen and oxygen atoms in total. The Bertz CT molecular complexity index is 859. The fourth-order valence-electron chi connectivity index (χ4n) is 2.70. The number of aryl methyl sites for hydroxylation is 1. The molecule has 0 radical (unpaired) electrons. The molecule has 0 fully saturated rings. The van der Waals surface area contributed by atoms with Gasteiger partial charge in [-0.2, -0.15) is 0 Å². The van der Waals surface area contributed by atoms with Crippen molar-refractivity contribution in [1.29, 1.82) is 0 Å². The molecule has 0 bridgehead atoms. The molecule has 2 rings (SSSR count). The maximum absolute atomic E-state index is 12.1. The van der Waals surface area contributed by atoms with E-state index in [1.807, 2.05) is 49.4 Å². The van der Waals surface area contributed by atoms with Crippen molar-refractivity contribution in [3.05, 3.63) is 71.3 Å². The number of ether oxygens (including phenoxy) is 1. The molecule has 0 aromatic heterocycles. The van der Waals surface area contributed by atoms with Crippen molar-refractivity contribution in [3.8, 4) is 0 Å². The Labute approximate surface area is 170 Å². The van der Waals surface area contributed by atoms with Gasteiger partial charge in [-0.05, 0) is 25.8 Å². The summed E-state index contributed by atoms with van der Waals surface area (Å²) in [7, 11) is 0. The first-order chi connectivity index (χ1) is 13.8. The van der Waals surface area contributed by atoms with E-state index in [0.717, 1.165) is 11.1 Å². The number of carbonyl (C=O) groups excluding carboxylic acids is 4. The predicted octanol–water partition coefficient (Wildman–Crippen LogP) is 2.82. The van der Waals surface area contributed by atoms with Gasteiger partial charge in [-0.15, -0.1) is 0 Å². The van der Waals surface area contributed by atoms with E-state index in [4.69, 9.17) is 4.74 Å². The van der Waals surface area contributed by atoms with E-state index < -0.39 is 24.5 Å². The summed E-state index contributed by atoms with van der Waals surface area (Å²) >= 11 is 0. The van der Waals surface area contributed by atoms with E-state index >= 15 is 0 Å². The average molecular weight is 395 g/mol. The Morgan fingerprint density at radius 1 is 0.931 bits per heavy atom. The van der Waals surface area contributed by atoms with Crippen LogP contribution in [0, 0.1) is 6.92 Å². The molecule has 1 unspecified atom stereocenters. The molecule has 1 N–H and O–H groups in total. The lowest BCUT2D eigenvalue weighted by Crippen LogP contribution is -2.43. The smallest absolute Gasteiger partial charge is 0.306 e. The van der Waals surface area contributed by atoms with Gasteiger partial charge in [0.1, 0.15) is 0 Å². The van der Waals surface area contributed by atoms with Crippen molar-refractivity contribution in [3.63, 3.8) is 0 Å². The quantitative estimate of drug-likeness (QED) is 0.494. The van der Waals surface area contributed by atoms with E-state index in [1.54, 1.807) is 12.1 Å². The van der Waals surface area contributed by atoms with Crippen LogP contribution in [0.5, 0.6) is 0 Å². The number of benzene rings is 2. The molecule has 1 amide bonds. The van der Waals surface area contributed by atoms with E-state index in [1.165, 1.54) is 6.92 Å². The van der Waals surface area contributed by atoms with E-state index in [9.17, 15) is 19.2 Å². The molecule has 2 aromatic rings. The van der Waals surface area contributed by atoms with Crippen molar-refractivity contribution in [2.45, 2.75) is 39.2 Å². The maximum atomic E-state index is 12.1. The average Bonchev–Trinajstić information content (AvgIpc) is 2.71. The zero-order valence-corrected chi connectivity index (χ0v) is 16.6. The molecule has 6 heteroatoms. The van der Waals surface area contributed by atoms with Crippen LogP contribution in [0.25, 0.3) is 0 Å².